The first-order valence-electron chi connectivity index (χ1n) is 6.83. The van der Waals surface area contributed by atoms with Crippen LogP contribution in [0.25, 0.3) is 0 Å². The van der Waals surface area contributed by atoms with Crippen molar-refractivity contribution in [2.45, 2.75) is 25.0 Å². The van der Waals surface area contributed by atoms with Crippen molar-refractivity contribution in [3.63, 3.8) is 0 Å². The quantitative estimate of drug-likeness (QED) is 0.653. The SMILES string of the molecule is COCCN(CC(=O)N(C)C)C(=O)C1CCC(CN)O1. The minimum atomic E-state index is -0.490. The highest BCUT2D eigenvalue weighted by molar-refractivity contribution is 5.87. The van der Waals surface area contributed by atoms with Gasteiger partial charge < -0.3 is 25.0 Å². The van der Waals surface area contributed by atoms with Crippen LogP contribution in [0.2, 0.25) is 0 Å². The smallest absolute Gasteiger partial charge is 0.252 e. The van der Waals surface area contributed by atoms with E-state index in [0.717, 1.165) is 6.42 Å². The van der Waals surface area contributed by atoms with Gasteiger partial charge >= 0.3 is 0 Å². The molecule has 7 nitrogen and oxygen atoms in total. The van der Waals surface area contributed by atoms with Gasteiger partial charge in [-0.25, -0.2) is 0 Å². The third-order valence-corrected chi connectivity index (χ3v) is 3.35. The van der Waals surface area contributed by atoms with Crippen LogP contribution in [0.5, 0.6) is 0 Å². The summed E-state index contributed by atoms with van der Waals surface area (Å²) in [7, 11) is 4.89. The zero-order valence-corrected chi connectivity index (χ0v) is 12.5. The Morgan fingerprint density at radius 2 is 2.05 bits per heavy atom. The van der Waals surface area contributed by atoms with Crippen LogP contribution in [0.1, 0.15) is 12.8 Å². The Labute approximate surface area is 120 Å². The molecule has 1 fully saturated rings. The summed E-state index contributed by atoms with van der Waals surface area (Å²) in [6.45, 7) is 1.22. The zero-order chi connectivity index (χ0) is 15.1. The fourth-order valence-electron chi connectivity index (χ4n) is 2.04. The van der Waals surface area contributed by atoms with Crippen LogP contribution in [0.4, 0.5) is 0 Å². The largest absolute Gasteiger partial charge is 0.383 e. The van der Waals surface area contributed by atoms with Crippen LogP contribution in [0, 0.1) is 0 Å². The van der Waals surface area contributed by atoms with Gasteiger partial charge in [0.25, 0.3) is 5.91 Å². The molecule has 2 N–H and O–H groups in total. The van der Waals surface area contributed by atoms with Gasteiger partial charge in [0.05, 0.1) is 19.3 Å². The Kier molecular flexibility index (Phi) is 6.90. The molecule has 0 bridgehead atoms. The lowest BCUT2D eigenvalue weighted by Gasteiger charge is -2.26. The Morgan fingerprint density at radius 1 is 1.35 bits per heavy atom. The van der Waals surface area contributed by atoms with E-state index >= 15 is 0 Å². The van der Waals surface area contributed by atoms with Gasteiger partial charge in [0.15, 0.2) is 0 Å². The van der Waals surface area contributed by atoms with Gasteiger partial charge in [0.2, 0.25) is 5.91 Å². The minimum absolute atomic E-state index is 0.0440. The number of carbonyl (C=O) groups is 2. The van der Waals surface area contributed by atoms with Gasteiger partial charge in [-0.05, 0) is 12.8 Å². The van der Waals surface area contributed by atoms with Crippen LogP contribution in [-0.2, 0) is 19.1 Å². The van der Waals surface area contributed by atoms with Crippen LogP contribution < -0.4 is 5.73 Å². The van der Waals surface area contributed by atoms with Gasteiger partial charge in [-0.2, -0.15) is 0 Å². The average Bonchev–Trinajstić information content (AvgIpc) is 2.91. The molecular formula is C13H25N3O4. The number of methoxy groups -OCH3 is 1. The normalized spacial score (nSPS) is 21.8. The van der Waals surface area contributed by atoms with Crippen molar-refractivity contribution >= 4 is 11.8 Å². The molecule has 1 heterocycles. The molecule has 2 atom stereocenters. The lowest BCUT2D eigenvalue weighted by molar-refractivity contribution is -0.147. The van der Waals surface area contributed by atoms with Gasteiger partial charge in [0.1, 0.15) is 6.10 Å². The number of likely N-dealkylation sites (N-methyl/N-ethyl adjacent to an activating group) is 1. The summed E-state index contributed by atoms with van der Waals surface area (Å²) >= 11 is 0. The van der Waals surface area contributed by atoms with Crippen LogP contribution >= 0.6 is 0 Å². The molecule has 0 spiro atoms. The molecule has 0 aliphatic carbocycles. The van der Waals surface area contributed by atoms with Gasteiger partial charge in [0, 0.05) is 34.3 Å². The Balaban J connectivity index is 2.62. The van der Waals surface area contributed by atoms with Gasteiger partial charge in [-0.1, -0.05) is 0 Å². The van der Waals surface area contributed by atoms with E-state index in [1.165, 1.54) is 9.80 Å². The van der Waals surface area contributed by atoms with Crippen molar-refractivity contribution in [2.75, 3.05) is 47.4 Å². The fraction of sp³-hybridized carbons (Fsp3) is 0.846. The molecule has 2 amide bonds. The van der Waals surface area contributed by atoms with E-state index in [2.05, 4.69) is 0 Å². The number of amides is 2. The van der Waals surface area contributed by atoms with Crippen molar-refractivity contribution in [1.82, 2.24) is 9.80 Å². The summed E-state index contributed by atoms with van der Waals surface area (Å²) in [5.41, 5.74) is 5.54. The van der Waals surface area contributed by atoms with Crippen LogP contribution in [0.15, 0.2) is 0 Å². The highest BCUT2D eigenvalue weighted by Gasteiger charge is 2.33. The van der Waals surface area contributed by atoms with E-state index in [0.29, 0.717) is 26.1 Å². The highest BCUT2D eigenvalue weighted by atomic mass is 16.5. The lowest BCUT2D eigenvalue weighted by Crippen LogP contribution is -2.46. The van der Waals surface area contributed by atoms with Gasteiger partial charge in [-0.3, -0.25) is 9.59 Å². The molecule has 0 saturated carbocycles. The summed E-state index contributed by atoms with van der Waals surface area (Å²) in [6, 6.07) is 0. The van der Waals surface area contributed by atoms with E-state index in [1.54, 1.807) is 21.2 Å². The monoisotopic (exact) mass is 287 g/mol. The predicted molar refractivity (Wildman–Crippen MR) is 74.1 cm³/mol. The van der Waals surface area contributed by atoms with Crippen molar-refractivity contribution in [2.24, 2.45) is 5.73 Å². The third-order valence-electron chi connectivity index (χ3n) is 3.35. The predicted octanol–water partition coefficient (Wildman–Crippen LogP) is -0.944. The van der Waals surface area contributed by atoms with E-state index in [9.17, 15) is 9.59 Å². The maximum atomic E-state index is 12.4. The number of rotatable bonds is 7. The number of carbonyl (C=O) groups excluding carboxylic acids is 2. The highest BCUT2D eigenvalue weighted by Crippen LogP contribution is 2.20. The van der Waals surface area contributed by atoms with Gasteiger partial charge in [-0.15, -0.1) is 0 Å². The molecule has 1 saturated heterocycles. The topological polar surface area (TPSA) is 85.1 Å². The first kappa shape index (κ1) is 16.9. The number of ether oxygens (including phenoxy) is 2. The molecule has 0 aromatic rings. The Hall–Kier alpha value is -1.18. The maximum Gasteiger partial charge on any atom is 0.252 e. The molecule has 0 radical (unpaired) electrons. The molecule has 1 rings (SSSR count). The molecule has 116 valence electrons. The lowest BCUT2D eigenvalue weighted by atomic mass is 10.2. The second-order valence-electron chi connectivity index (χ2n) is 5.10. The molecule has 20 heavy (non-hydrogen) atoms. The standard InChI is InChI=1S/C13H25N3O4/c1-15(2)12(17)9-16(6-7-19-3)13(18)11-5-4-10(8-14)20-11/h10-11H,4-9,14H2,1-3H3. The van der Waals surface area contributed by atoms with E-state index < -0.39 is 6.10 Å². The van der Waals surface area contributed by atoms with Crippen molar-refractivity contribution in [1.29, 1.82) is 0 Å². The summed E-state index contributed by atoms with van der Waals surface area (Å²) in [6.07, 6.45) is 0.889. The number of hydrogen-bond donors (Lipinski definition) is 1. The van der Waals surface area contributed by atoms with Crippen LogP contribution in [-0.4, -0.2) is 81.3 Å². The van der Waals surface area contributed by atoms with Crippen molar-refractivity contribution in [3.05, 3.63) is 0 Å². The Morgan fingerprint density at radius 3 is 2.55 bits per heavy atom. The number of nitrogens with two attached hydrogens (primary N) is 1. The first-order valence-corrected chi connectivity index (χ1v) is 6.83. The summed E-state index contributed by atoms with van der Waals surface area (Å²) in [5, 5.41) is 0. The molecule has 2 unspecified atom stereocenters. The molecular weight excluding hydrogens is 262 g/mol. The molecule has 1 aliphatic heterocycles. The molecule has 0 aromatic carbocycles. The zero-order valence-electron chi connectivity index (χ0n) is 12.5. The summed E-state index contributed by atoms with van der Waals surface area (Å²) < 4.78 is 10.6. The second kappa shape index (κ2) is 8.18. The molecule has 7 heteroatoms. The van der Waals surface area contributed by atoms with Crippen molar-refractivity contribution in [3.8, 4) is 0 Å². The second-order valence-corrected chi connectivity index (χ2v) is 5.10. The minimum Gasteiger partial charge on any atom is -0.383 e. The van der Waals surface area contributed by atoms with E-state index in [1.807, 2.05) is 0 Å². The van der Waals surface area contributed by atoms with E-state index in [4.69, 9.17) is 15.2 Å². The van der Waals surface area contributed by atoms with Crippen molar-refractivity contribution < 1.29 is 19.1 Å². The first-order chi connectivity index (χ1) is 9.49. The summed E-state index contributed by atoms with van der Waals surface area (Å²) in [5.74, 6) is -0.281. The maximum absolute atomic E-state index is 12.4. The van der Waals surface area contributed by atoms with E-state index in [-0.39, 0.29) is 24.5 Å². The average molecular weight is 287 g/mol. The fourth-order valence-corrected chi connectivity index (χ4v) is 2.04. The summed E-state index contributed by atoms with van der Waals surface area (Å²) in [4.78, 5) is 27.2. The third kappa shape index (κ3) is 4.73. The molecule has 1 aliphatic rings. The number of nitrogens with zero attached hydrogens (tertiary/aromatic N) is 2. The molecule has 0 aromatic heterocycles. The van der Waals surface area contributed by atoms with Crippen LogP contribution in [0.3, 0.4) is 0 Å². The Bertz CT molecular complexity index is 336. The number of hydrogen-bond acceptors (Lipinski definition) is 5.